The Kier molecular flexibility index (Phi) is 5.55. The van der Waals surface area contributed by atoms with Crippen molar-refractivity contribution in [2.75, 3.05) is 19.0 Å². The average molecular weight is 302 g/mol. The van der Waals surface area contributed by atoms with Crippen molar-refractivity contribution in [2.24, 2.45) is 0 Å². The smallest absolute Gasteiger partial charge is 0.319 e. The number of nitrogens with zero attached hydrogens (tertiary/aromatic N) is 2. The van der Waals surface area contributed by atoms with E-state index in [1.165, 1.54) is 0 Å². The summed E-state index contributed by atoms with van der Waals surface area (Å²) in [7, 11) is 1.62. The summed E-state index contributed by atoms with van der Waals surface area (Å²) in [5.41, 5.74) is 2.65. The second kappa shape index (κ2) is 7.61. The fourth-order valence-corrected chi connectivity index (χ4v) is 2.07. The molecular formula is C16H22N4O2. The van der Waals surface area contributed by atoms with Crippen LogP contribution in [0.4, 0.5) is 10.5 Å². The van der Waals surface area contributed by atoms with Gasteiger partial charge in [0.05, 0.1) is 24.0 Å². The van der Waals surface area contributed by atoms with Crippen LogP contribution in [0, 0.1) is 6.92 Å². The first-order valence-corrected chi connectivity index (χ1v) is 7.31. The van der Waals surface area contributed by atoms with Gasteiger partial charge in [0.15, 0.2) is 0 Å². The monoisotopic (exact) mass is 302 g/mol. The number of aryl methyl sites for hydroxylation is 1. The fourth-order valence-electron chi connectivity index (χ4n) is 2.07. The SMILES string of the molecule is CC[C@@H](COC)NC(=O)Nc1ccc(-n2ccc(C)n2)cc1. The molecular weight excluding hydrogens is 280 g/mol. The Morgan fingerprint density at radius 2 is 2.05 bits per heavy atom. The fraction of sp³-hybridized carbons (Fsp3) is 0.375. The average Bonchev–Trinajstić information content (AvgIpc) is 2.94. The van der Waals surface area contributed by atoms with Crippen LogP contribution in [0.5, 0.6) is 0 Å². The van der Waals surface area contributed by atoms with Gasteiger partial charge in [0.1, 0.15) is 0 Å². The highest BCUT2D eigenvalue weighted by Gasteiger charge is 2.10. The van der Waals surface area contributed by atoms with Gasteiger partial charge in [0.25, 0.3) is 0 Å². The summed E-state index contributed by atoms with van der Waals surface area (Å²) >= 11 is 0. The van der Waals surface area contributed by atoms with Gasteiger partial charge in [-0.2, -0.15) is 5.10 Å². The van der Waals surface area contributed by atoms with Crippen molar-refractivity contribution in [1.29, 1.82) is 0 Å². The third-order valence-electron chi connectivity index (χ3n) is 3.31. The van der Waals surface area contributed by atoms with Crippen LogP contribution in [0.25, 0.3) is 5.69 Å². The van der Waals surface area contributed by atoms with E-state index in [4.69, 9.17) is 4.74 Å². The lowest BCUT2D eigenvalue weighted by molar-refractivity contribution is 0.165. The Morgan fingerprint density at radius 1 is 1.32 bits per heavy atom. The standard InChI is InChI=1S/C16H22N4O2/c1-4-13(11-22-3)17-16(21)18-14-5-7-15(8-6-14)20-10-9-12(2)19-20/h5-10,13H,4,11H2,1-3H3,(H2,17,18,21)/t13-/m0/s1. The van der Waals surface area contributed by atoms with E-state index in [0.29, 0.717) is 6.61 Å². The van der Waals surface area contributed by atoms with Crippen molar-refractivity contribution in [3.05, 3.63) is 42.2 Å². The number of benzene rings is 1. The lowest BCUT2D eigenvalue weighted by atomic mass is 10.2. The van der Waals surface area contributed by atoms with Crippen molar-refractivity contribution in [2.45, 2.75) is 26.3 Å². The number of nitrogens with one attached hydrogen (secondary N) is 2. The van der Waals surface area contributed by atoms with Gasteiger partial charge in [0.2, 0.25) is 0 Å². The van der Waals surface area contributed by atoms with E-state index in [1.54, 1.807) is 11.8 Å². The van der Waals surface area contributed by atoms with Gasteiger partial charge in [-0.05, 0) is 43.7 Å². The van der Waals surface area contributed by atoms with Crippen LogP contribution in [0.15, 0.2) is 36.5 Å². The Labute approximate surface area is 130 Å². The van der Waals surface area contributed by atoms with E-state index < -0.39 is 0 Å². The molecule has 6 heteroatoms. The largest absolute Gasteiger partial charge is 0.383 e. The number of rotatable bonds is 6. The number of methoxy groups -OCH3 is 1. The van der Waals surface area contributed by atoms with Crippen molar-refractivity contribution < 1.29 is 9.53 Å². The highest BCUT2D eigenvalue weighted by atomic mass is 16.5. The predicted octanol–water partition coefficient (Wildman–Crippen LogP) is 2.73. The molecule has 1 heterocycles. The molecule has 0 radical (unpaired) electrons. The molecule has 22 heavy (non-hydrogen) atoms. The van der Waals surface area contributed by atoms with E-state index in [9.17, 15) is 4.79 Å². The first kappa shape index (κ1) is 16.0. The number of carbonyl (C=O) groups excluding carboxylic acids is 1. The number of amides is 2. The Morgan fingerprint density at radius 3 is 2.59 bits per heavy atom. The molecule has 1 aromatic heterocycles. The second-order valence-corrected chi connectivity index (χ2v) is 5.11. The van der Waals surface area contributed by atoms with Crippen molar-refractivity contribution in [1.82, 2.24) is 15.1 Å². The molecule has 2 amide bonds. The summed E-state index contributed by atoms with van der Waals surface area (Å²) in [6.45, 7) is 4.45. The minimum absolute atomic E-state index is 0.0105. The summed E-state index contributed by atoms with van der Waals surface area (Å²) < 4.78 is 6.86. The predicted molar refractivity (Wildman–Crippen MR) is 86.4 cm³/mol. The highest BCUT2D eigenvalue weighted by molar-refractivity contribution is 5.89. The molecule has 0 spiro atoms. The number of hydrogen-bond donors (Lipinski definition) is 2. The molecule has 0 unspecified atom stereocenters. The molecule has 0 aliphatic carbocycles. The molecule has 1 atom stereocenters. The van der Waals surface area contributed by atoms with Crippen LogP contribution < -0.4 is 10.6 Å². The summed E-state index contributed by atoms with van der Waals surface area (Å²) in [6, 6.07) is 9.25. The molecule has 2 N–H and O–H groups in total. The van der Waals surface area contributed by atoms with Crippen LogP contribution in [0.1, 0.15) is 19.0 Å². The molecule has 2 aromatic rings. The Hall–Kier alpha value is -2.34. The normalized spacial score (nSPS) is 12.0. The van der Waals surface area contributed by atoms with Crippen LogP contribution in [0.2, 0.25) is 0 Å². The zero-order chi connectivity index (χ0) is 15.9. The molecule has 0 aliphatic rings. The van der Waals surface area contributed by atoms with Crippen molar-refractivity contribution >= 4 is 11.7 Å². The van der Waals surface area contributed by atoms with Crippen LogP contribution >= 0.6 is 0 Å². The molecule has 118 valence electrons. The summed E-state index contributed by atoms with van der Waals surface area (Å²) in [6.07, 6.45) is 2.72. The molecule has 0 fully saturated rings. The van der Waals surface area contributed by atoms with Gasteiger partial charge in [0, 0.05) is 19.0 Å². The summed E-state index contributed by atoms with van der Waals surface area (Å²) in [5.74, 6) is 0. The number of urea groups is 1. The van der Waals surface area contributed by atoms with Gasteiger partial charge in [-0.15, -0.1) is 0 Å². The molecule has 0 bridgehead atoms. The van der Waals surface area contributed by atoms with Crippen LogP contribution in [0.3, 0.4) is 0 Å². The third-order valence-corrected chi connectivity index (χ3v) is 3.31. The van der Waals surface area contributed by atoms with Crippen LogP contribution in [-0.4, -0.2) is 35.6 Å². The third kappa shape index (κ3) is 4.33. The maximum absolute atomic E-state index is 11.9. The van der Waals surface area contributed by atoms with Gasteiger partial charge >= 0.3 is 6.03 Å². The first-order chi connectivity index (χ1) is 10.6. The minimum Gasteiger partial charge on any atom is -0.383 e. The van der Waals surface area contributed by atoms with Crippen LogP contribution in [-0.2, 0) is 4.74 Å². The number of carbonyl (C=O) groups is 1. The lowest BCUT2D eigenvalue weighted by Gasteiger charge is -2.16. The van der Waals surface area contributed by atoms with Gasteiger partial charge < -0.3 is 15.4 Å². The van der Waals surface area contributed by atoms with Gasteiger partial charge in [-0.1, -0.05) is 6.92 Å². The Bertz CT molecular complexity index is 607. The van der Waals surface area contributed by atoms with Crippen molar-refractivity contribution in [3.63, 3.8) is 0 Å². The molecule has 0 saturated carbocycles. The second-order valence-electron chi connectivity index (χ2n) is 5.11. The van der Waals surface area contributed by atoms with E-state index in [1.807, 2.05) is 50.4 Å². The Balaban J connectivity index is 1.94. The quantitative estimate of drug-likeness (QED) is 0.862. The first-order valence-electron chi connectivity index (χ1n) is 7.31. The van der Waals surface area contributed by atoms with Crippen molar-refractivity contribution in [3.8, 4) is 5.69 Å². The van der Waals surface area contributed by atoms with E-state index >= 15 is 0 Å². The topological polar surface area (TPSA) is 68.2 Å². The number of hydrogen-bond acceptors (Lipinski definition) is 3. The maximum Gasteiger partial charge on any atom is 0.319 e. The van der Waals surface area contributed by atoms with Gasteiger partial charge in [-0.25, -0.2) is 9.48 Å². The maximum atomic E-state index is 11.9. The molecule has 1 aromatic carbocycles. The zero-order valence-electron chi connectivity index (χ0n) is 13.2. The summed E-state index contributed by atoms with van der Waals surface area (Å²) in [4.78, 5) is 11.9. The number of anilines is 1. The number of aromatic nitrogens is 2. The lowest BCUT2D eigenvalue weighted by Crippen LogP contribution is -2.40. The molecule has 6 nitrogen and oxygen atoms in total. The highest BCUT2D eigenvalue weighted by Crippen LogP contribution is 2.13. The molecule has 0 saturated heterocycles. The van der Waals surface area contributed by atoms with Gasteiger partial charge in [-0.3, -0.25) is 0 Å². The van der Waals surface area contributed by atoms with E-state index in [2.05, 4.69) is 15.7 Å². The minimum atomic E-state index is -0.230. The molecule has 0 aliphatic heterocycles. The number of ether oxygens (including phenoxy) is 1. The van der Waals surface area contributed by atoms with E-state index in [0.717, 1.165) is 23.5 Å². The zero-order valence-corrected chi connectivity index (χ0v) is 13.2. The summed E-state index contributed by atoms with van der Waals surface area (Å²) in [5, 5.41) is 10.0. The van der Waals surface area contributed by atoms with E-state index in [-0.39, 0.29) is 12.1 Å². The molecule has 2 rings (SSSR count).